The third-order valence-corrected chi connectivity index (χ3v) is 5.56. The molecule has 0 bridgehead atoms. The zero-order valence-corrected chi connectivity index (χ0v) is 13.5. The van der Waals surface area contributed by atoms with Gasteiger partial charge < -0.3 is 5.32 Å². The molecule has 1 aliphatic heterocycles. The summed E-state index contributed by atoms with van der Waals surface area (Å²) in [5.74, 6) is 0. The molecule has 2 heterocycles. The fourth-order valence-electron chi connectivity index (χ4n) is 2.87. The van der Waals surface area contributed by atoms with Crippen molar-refractivity contribution in [3.05, 3.63) is 16.1 Å². The first kappa shape index (κ1) is 14.9. The predicted octanol–water partition coefficient (Wildman–Crippen LogP) is 2.85. The van der Waals surface area contributed by atoms with Gasteiger partial charge >= 0.3 is 0 Å². The number of hydrogen-bond donors (Lipinski definition) is 1. The molecule has 1 aliphatic rings. The first-order valence-corrected chi connectivity index (χ1v) is 8.36. The Kier molecular flexibility index (Phi) is 4.98. The van der Waals surface area contributed by atoms with Crippen molar-refractivity contribution in [1.82, 2.24) is 15.2 Å². The lowest BCUT2D eigenvalue weighted by atomic mass is 9.88. The van der Waals surface area contributed by atoms with Gasteiger partial charge in [-0.2, -0.15) is 0 Å². The Balaban J connectivity index is 1.94. The molecule has 0 aliphatic carbocycles. The van der Waals surface area contributed by atoms with Crippen LogP contribution < -0.4 is 5.32 Å². The van der Waals surface area contributed by atoms with Crippen LogP contribution in [0.25, 0.3) is 0 Å². The van der Waals surface area contributed by atoms with Crippen molar-refractivity contribution in [1.29, 1.82) is 0 Å². The van der Waals surface area contributed by atoms with E-state index in [0.717, 1.165) is 25.2 Å². The molecular formula is C15H27N3S. The molecule has 0 saturated carbocycles. The zero-order valence-electron chi connectivity index (χ0n) is 12.7. The van der Waals surface area contributed by atoms with Gasteiger partial charge in [-0.25, -0.2) is 4.98 Å². The Morgan fingerprint density at radius 1 is 1.47 bits per heavy atom. The average molecular weight is 281 g/mol. The summed E-state index contributed by atoms with van der Waals surface area (Å²) in [4.78, 5) is 7.21. The molecular weight excluding hydrogens is 254 g/mol. The molecule has 3 nitrogen and oxygen atoms in total. The summed E-state index contributed by atoms with van der Waals surface area (Å²) >= 11 is 1.80. The lowest BCUT2D eigenvalue weighted by Gasteiger charge is -2.46. The average Bonchev–Trinajstić information content (AvgIpc) is 2.84. The van der Waals surface area contributed by atoms with Gasteiger partial charge in [0.2, 0.25) is 0 Å². The van der Waals surface area contributed by atoms with Crippen molar-refractivity contribution < 1.29 is 0 Å². The van der Waals surface area contributed by atoms with Gasteiger partial charge in [0.1, 0.15) is 0 Å². The van der Waals surface area contributed by atoms with E-state index in [1.165, 1.54) is 24.4 Å². The molecule has 19 heavy (non-hydrogen) atoms. The van der Waals surface area contributed by atoms with Crippen molar-refractivity contribution in [2.24, 2.45) is 0 Å². The summed E-state index contributed by atoms with van der Waals surface area (Å²) < 4.78 is 0. The van der Waals surface area contributed by atoms with Crippen molar-refractivity contribution in [2.75, 3.05) is 19.6 Å². The highest BCUT2D eigenvalue weighted by Gasteiger charge is 2.34. The lowest BCUT2D eigenvalue weighted by Crippen LogP contribution is -2.63. The standard InChI is InChI=1S/C15H27N3S/c1-5-15(6-2)11-18(13(4)9-16-15)8-7-14-17-12(3)10-19-14/h10,13,16H,5-9,11H2,1-4H3. The number of thiazole rings is 1. The molecule has 1 unspecified atom stereocenters. The van der Waals surface area contributed by atoms with Gasteiger partial charge in [0.25, 0.3) is 0 Å². The minimum Gasteiger partial charge on any atom is -0.308 e. The van der Waals surface area contributed by atoms with Gasteiger partial charge in [0.15, 0.2) is 0 Å². The van der Waals surface area contributed by atoms with E-state index in [4.69, 9.17) is 0 Å². The highest BCUT2D eigenvalue weighted by Crippen LogP contribution is 2.23. The van der Waals surface area contributed by atoms with E-state index in [1.807, 2.05) is 0 Å². The minimum atomic E-state index is 0.325. The topological polar surface area (TPSA) is 28.2 Å². The molecule has 108 valence electrons. The Hall–Kier alpha value is -0.450. The summed E-state index contributed by atoms with van der Waals surface area (Å²) in [5, 5.41) is 7.19. The fourth-order valence-corrected chi connectivity index (χ4v) is 3.64. The molecule has 1 atom stereocenters. The first-order valence-electron chi connectivity index (χ1n) is 7.48. The molecule has 1 aromatic rings. The number of nitrogens with one attached hydrogen (secondary N) is 1. The second-order valence-electron chi connectivity index (χ2n) is 5.82. The number of aromatic nitrogens is 1. The summed E-state index contributed by atoms with van der Waals surface area (Å²) in [6, 6.07) is 0.632. The maximum absolute atomic E-state index is 4.57. The lowest BCUT2D eigenvalue weighted by molar-refractivity contribution is 0.0819. The van der Waals surface area contributed by atoms with Crippen LogP contribution in [0.1, 0.15) is 44.3 Å². The van der Waals surface area contributed by atoms with Crippen LogP contribution in [-0.2, 0) is 6.42 Å². The van der Waals surface area contributed by atoms with Crippen LogP contribution in [0, 0.1) is 6.92 Å². The Labute approximate surface area is 121 Å². The molecule has 0 radical (unpaired) electrons. The molecule has 4 heteroatoms. The largest absolute Gasteiger partial charge is 0.308 e. The van der Waals surface area contributed by atoms with E-state index in [1.54, 1.807) is 11.3 Å². The van der Waals surface area contributed by atoms with Crippen LogP contribution >= 0.6 is 11.3 Å². The van der Waals surface area contributed by atoms with Gasteiger partial charge in [-0.3, -0.25) is 4.90 Å². The molecule has 1 fully saturated rings. The second kappa shape index (κ2) is 6.33. The van der Waals surface area contributed by atoms with Crippen LogP contribution in [0.2, 0.25) is 0 Å². The molecule has 0 amide bonds. The molecule has 1 aromatic heterocycles. The smallest absolute Gasteiger partial charge is 0.0940 e. The quantitative estimate of drug-likeness (QED) is 0.899. The Morgan fingerprint density at radius 3 is 2.79 bits per heavy atom. The van der Waals surface area contributed by atoms with Crippen molar-refractivity contribution in [2.45, 2.75) is 58.5 Å². The number of aryl methyl sites for hydroxylation is 1. The van der Waals surface area contributed by atoms with Crippen LogP contribution in [0.3, 0.4) is 0 Å². The van der Waals surface area contributed by atoms with Crippen molar-refractivity contribution in [3.8, 4) is 0 Å². The molecule has 1 N–H and O–H groups in total. The van der Waals surface area contributed by atoms with Gasteiger partial charge in [0, 0.05) is 48.7 Å². The first-order chi connectivity index (χ1) is 9.08. The van der Waals surface area contributed by atoms with E-state index < -0.39 is 0 Å². The number of hydrogen-bond acceptors (Lipinski definition) is 4. The number of piperazine rings is 1. The van der Waals surface area contributed by atoms with E-state index in [0.29, 0.717) is 11.6 Å². The predicted molar refractivity (Wildman–Crippen MR) is 82.9 cm³/mol. The normalized spacial score (nSPS) is 23.7. The maximum Gasteiger partial charge on any atom is 0.0940 e. The SMILES string of the molecule is CCC1(CC)CN(CCc2nc(C)cs2)C(C)CN1. The second-order valence-corrected chi connectivity index (χ2v) is 6.76. The highest BCUT2D eigenvalue weighted by atomic mass is 32.1. The summed E-state index contributed by atoms with van der Waals surface area (Å²) in [7, 11) is 0. The van der Waals surface area contributed by atoms with Crippen LogP contribution in [0.5, 0.6) is 0 Å². The summed E-state index contributed by atoms with van der Waals surface area (Å²) in [6.07, 6.45) is 3.51. The van der Waals surface area contributed by atoms with E-state index in [2.05, 4.69) is 48.3 Å². The monoisotopic (exact) mass is 281 g/mol. The van der Waals surface area contributed by atoms with Crippen molar-refractivity contribution >= 4 is 11.3 Å². The van der Waals surface area contributed by atoms with Crippen LogP contribution in [0.15, 0.2) is 5.38 Å². The Bertz CT molecular complexity index is 398. The number of rotatable bonds is 5. The molecule has 1 saturated heterocycles. The fraction of sp³-hybridized carbons (Fsp3) is 0.800. The maximum atomic E-state index is 4.57. The van der Waals surface area contributed by atoms with Gasteiger partial charge in [-0.15, -0.1) is 11.3 Å². The highest BCUT2D eigenvalue weighted by molar-refractivity contribution is 7.09. The Morgan fingerprint density at radius 2 is 2.21 bits per heavy atom. The van der Waals surface area contributed by atoms with E-state index >= 15 is 0 Å². The van der Waals surface area contributed by atoms with E-state index in [9.17, 15) is 0 Å². The van der Waals surface area contributed by atoms with Gasteiger partial charge in [-0.1, -0.05) is 13.8 Å². The third kappa shape index (κ3) is 3.56. The molecule has 0 spiro atoms. The molecule has 2 rings (SSSR count). The van der Waals surface area contributed by atoms with Crippen molar-refractivity contribution in [3.63, 3.8) is 0 Å². The molecule has 0 aromatic carbocycles. The van der Waals surface area contributed by atoms with Gasteiger partial charge in [0.05, 0.1) is 5.01 Å². The summed E-state index contributed by atoms with van der Waals surface area (Å²) in [6.45, 7) is 12.4. The third-order valence-electron chi connectivity index (χ3n) is 4.53. The summed E-state index contributed by atoms with van der Waals surface area (Å²) in [5.41, 5.74) is 1.48. The van der Waals surface area contributed by atoms with Crippen LogP contribution in [0.4, 0.5) is 0 Å². The van der Waals surface area contributed by atoms with Crippen LogP contribution in [-0.4, -0.2) is 41.1 Å². The number of nitrogens with zero attached hydrogens (tertiary/aromatic N) is 2. The zero-order chi connectivity index (χ0) is 13.9. The van der Waals surface area contributed by atoms with Gasteiger partial charge in [-0.05, 0) is 26.7 Å². The minimum absolute atomic E-state index is 0.325. The van der Waals surface area contributed by atoms with E-state index in [-0.39, 0.29) is 0 Å².